The minimum absolute atomic E-state index is 0.181. The molecule has 2 unspecified atom stereocenters. The van der Waals surface area contributed by atoms with Crippen LogP contribution in [-0.2, 0) is 4.74 Å². The van der Waals surface area contributed by atoms with Crippen LogP contribution < -0.4 is 0 Å². The van der Waals surface area contributed by atoms with E-state index in [1.165, 1.54) is 57.8 Å². The Morgan fingerprint density at radius 3 is 2.50 bits per heavy atom. The van der Waals surface area contributed by atoms with Gasteiger partial charge in [0, 0.05) is 5.33 Å². The monoisotopic (exact) mass is 288 g/mol. The molecule has 94 valence electrons. The van der Waals surface area contributed by atoms with Crippen molar-refractivity contribution in [3.63, 3.8) is 0 Å². The molecule has 0 radical (unpaired) electrons. The second-order valence-electron chi connectivity index (χ2n) is 5.89. The van der Waals surface area contributed by atoms with E-state index in [1.54, 1.807) is 0 Å². The van der Waals surface area contributed by atoms with Crippen LogP contribution in [0.4, 0.5) is 0 Å². The Bertz CT molecular complexity index is 211. The number of ether oxygens (including phenoxy) is 1. The fraction of sp³-hybridized carbons (Fsp3) is 1.00. The summed E-state index contributed by atoms with van der Waals surface area (Å²) in [6.45, 7) is 2.37. The normalized spacial score (nSPS) is 34.9. The number of halogens is 1. The maximum absolute atomic E-state index is 6.49. The van der Waals surface area contributed by atoms with Crippen LogP contribution in [0.1, 0.15) is 64.7 Å². The second kappa shape index (κ2) is 5.86. The molecule has 2 saturated carbocycles. The lowest BCUT2D eigenvalue weighted by Crippen LogP contribution is -2.41. The topological polar surface area (TPSA) is 9.23 Å². The van der Waals surface area contributed by atoms with Crippen molar-refractivity contribution in [2.24, 2.45) is 5.92 Å². The van der Waals surface area contributed by atoms with Gasteiger partial charge < -0.3 is 4.74 Å². The van der Waals surface area contributed by atoms with E-state index in [0.29, 0.717) is 6.10 Å². The van der Waals surface area contributed by atoms with Crippen molar-refractivity contribution in [2.45, 2.75) is 76.4 Å². The summed E-state index contributed by atoms with van der Waals surface area (Å²) >= 11 is 3.69. The quantitative estimate of drug-likeness (QED) is 0.685. The first-order chi connectivity index (χ1) is 7.74. The predicted octanol–water partition coefficient (Wildman–Crippen LogP) is 4.68. The Hall–Kier alpha value is 0.440. The average Bonchev–Trinajstić information content (AvgIpc) is 2.30. The Kier molecular flexibility index (Phi) is 4.72. The van der Waals surface area contributed by atoms with Crippen LogP contribution in [0.15, 0.2) is 0 Å². The standard InChI is InChI=1S/C14H25BrO/c1-12-6-5-7-13(10-12)16-14(11-15)8-3-2-4-9-14/h12-13H,2-11H2,1H3. The van der Waals surface area contributed by atoms with E-state index in [0.717, 1.165) is 11.2 Å². The van der Waals surface area contributed by atoms with E-state index < -0.39 is 0 Å². The minimum atomic E-state index is 0.181. The van der Waals surface area contributed by atoms with Crippen LogP contribution in [0.25, 0.3) is 0 Å². The van der Waals surface area contributed by atoms with E-state index in [9.17, 15) is 0 Å². The molecule has 0 N–H and O–H groups in total. The molecule has 0 saturated heterocycles. The third kappa shape index (κ3) is 3.22. The first-order valence-electron chi connectivity index (χ1n) is 6.98. The van der Waals surface area contributed by atoms with Crippen molar-refractivity contribution in [1.82, 2.24) is 0 Å². The van der Waals surface area contributed by atoms with Gasteiger partial charge in [0.05, 0.1) is 11.7 Å². The van der Waals surface area contributed by atoms with Crippen LogP contribution in [0.5, 0.6) is 0 Å². The molecule has 0 aromatic heterocycles. The van der Waals surface area contributed by atoms with Crippen LogP contribution in [0.2, 0.25) is 0 Å². The van der Waals surface area contributed by atoms with Crippen LogP contribution in [0, 0.1) is 5.92 Å². The zero-order valence-electron chi connectivity index (χ0n) is 10.5. The molecule has 0 amide bonds. The molecule has 2 fully saturated rings. The Morgan fingerprint density at radius 2 is 1.88 bits per heavy atom. The Balaban J connectivity index is 1.89. The van der Waals surface area contributed by atoms with Crippen molar-refractivity contribution in [3.05, 3.63) is 0 Å². The lowest BCUT2D eigenvalue weighted by Gasteiger charge is -2.41. The SMILES string of the molecule is CC1CCCC(OC2(CBr)CCCCC2)C1. The molecule has 0 aromatic rings. The molecule has 0 aromatic carbocycles. The summed E-state index contributed by atoms with van der Waals surface area (Å²) in [4.78, 5) is 0. The zero-order chi connectivity index (χ0) is 11.4. The molecule has 2 heteroatoms. The van der Waals surface area contributed by atoms with Crippen molar-refractivity contribution in [1.29, 1.82) is 0 Å². The van der Waals surface area contributed by atoms with Crippen molar-refractivity contribution < 1.29 is 4.74 Å². The number of hydrogen-bond acceptors (Lipinski definition) is 1. The van der Waals surface area contributed by atoms with Gasteiger partial charge in [0.25, 0.3) is 0 Å². The molecular weight excluding hydrogens is 264 g/mol. The first-order valence-corrected chi connectivity index (χ1v) is 8.10. The summed E-state index contributed by atoms with van der Waals surface area (Å²) in [5.74, 6) is 0.870. The van der Waals surface area contributed by atoms with Gasteiger partial charge in [0.15, 0.2) is 0 Å². The van der Waals surface area contributed by atoms with Gasteiger partial charge in [-0.05, 0) is 31.6 Å². The third-order valence-corrected chi connectivity index (χ3v) is 5.34. The van der Waals surface area contributed by atoms with E-state index in [2.05, 4.69) is 22.9 Å². The van der Waals surface area contributed by atoms with Gasteiger partial charge in [-0.15, -0.1) is 0 Å². The highest BCUT2D eigenvalue weighted by atomic mass is 79.9. The molecule has 16 heavy (non-hydrogen) atoms. The fourth-order valence-corrected chi connectivity index (χ4v) is 4.01. The van der Waals surface area contributed by atoms with E-state index in [1.807, 2.05) is 0 Å². The fourth-order valence-electron chi connectivity index (χ4n) is 3.32. The molecule has 1 nitrogen and oxygen atoms in total. The predicted molar refractivity (Wildman–Crippen MR) is 72.1 cm³/mol. The molecule has 0 bridgehead atoms. The van der Waals surface area contributed by atoms with Crippen molar-refractivity contribution >= 4 is 15.9 Å². The Labute approximate surface area is 108 Å². The minimum Gasteiger partial charge on any atom is -0.371 e. The van der Waals surface area contributed by atoms with Crippen LogP contribution in [0.3, 0.4) is 0 Å². The number of rotatable bonds is 3. The third-order valence-electron chi connectivity index (χ3n) is 4.31. The maximum atomic E-state index is 6.49. The Morgan fingerprint density at radius 1 is 1.12 bits per heavy atom. The first kappa shape index (κ1) is 12.9. The smallest absolute Gasteiger partial charge is 0.0782 e. The van der Waals surface area contributed by atoms with E-state index in [4.69, 9.17) is 4.74 Å². The van der Waals surface area contributed by atoms with Gasteiger partial charge in [-0.2, -0.15) is 0 Å². The number of hydrogen-bond donors (Lipinski definition) is 0. The van der Waals surface area contributed by atoms with Gasteiger partial charge in [0.2, 0.25) is 0 Å². The summed E-state index contributed by atoms with van der Waals surface area (Å²) in [6.07, 6.45) is 12.5. The van der Waals surface area contributed by atoms with Gasteiger partial charge in [0.1, 0.15) is 0 Å². The maximum Gasteiger partial charge on any atom is 0.0782 e. The second-order valence-corrected chi connectivity index (χ2v) is 6.45. The van der Waals surface area contributed by atoms with Crippen molar-refractivity contribution in [2.75, 3.05) is 5.33 Å². The lowest BCUT2D eigenvalue weighted by atomic mass is 9.84. The molecule has 0 aliphatic heterocycles. The summed E-state index contributed by atoms with van der Waals surface area (Å²) in [7, 11) is 0. The summed E-state index contributed by atoms with van der Waals surface area (Å²) in [5, 5.41) is 1.03. The average molecular weight is 289 g/mol. The van der Waals surface area contributed by atoms with E-state index in [-0.39, 0.29) is 5.60 Å². The zero-order valence-corrected chi connectivity index (χ0v) is 12.1. The van der Waals surface area contributed by atoms with E-state index >= 15 is 0 Å². The number of alkyl halides is 1. The summed E-state index contributed by atoms with van der Waals surface area (Å²) in [5.41, 5.74) is 0.181. The summed E-state index contributed by atoms with van der Waals surface area (Å²) < 4.78 is 6.49. The molecule has 2 rings (SSSR count). The highest BCUT2D eigenvalue weighted by molar-refractivity contribution is 9.09. The highest BCUT2D eigenvalue weighted by Gasteiger charge is 2.35. The molecule has 0 heterocycles. The van der Waals surface area contributed by atoms with Gasteiger partial charge >= 0.3 is 0 Å². The lowest BCUT2D eigenvalue weighted by molar-refractivity contribution is -0.114. The molecule has 2 atom stereocenters. The largest absolute Gasteiger partial charge is 0.371 e. The van der Waals surface area contributed by atoms with Gasteiger partial charge in [-0.1, -0.05) is 55.0 Å². The van der Waals surface area contributed by atoms with Gasteiger partial charge in [-0.3, -0.25) is 0 Å². The molecule has 0 spiro atoms. The van der Waals surface area contributed by atoms with Crippen molar-refractivity contribution in [3.8, 4) is 0 Å². The van der Waals surface area contributed by atoms with Crippen LogP contribution in [-0.4, -0.2) is 17.0 Å². The molecule has 2 aliphatic rings. The summed E-state index contributed by atoms with van der Waals surface area (Å²) in [6, 6.07) is 0. The molecular formula is C14H25BrO. The van der Waals surface area contributed by atoms with Gasteiger partial charge in [-0.25, -0.2) is 0 Å². The highest BCUT2D eigenvalue weighted by Crippen LogP contribution is 2.37. The molecule has 2 aliphatic carbocycles. The van der Waals surface area contributed by atoms with Crippen LogP contribution >= 0.6 is 15.9 Å².